The van der Waals surface area contributed by atoms with Gasteiger partial charge in [-0.05, 0) is 0 Å². The molecule has 0 radical (unpaired) electrons. The lowest BCUT2D eigenvalue weighted by Crippen LogP contribution is -2.47. The molecular weight excluding hydrogens is 328 g/mol. The molecule has 9 heteroatoms. The maximum atomic E-state index is 12.1. The van der Waals surface area contributed by atoms with Crippen molar-refractivity contribution in [2.45, 2.75) is 12.3 Å². The summed E-state index contributed by atoms with van der Waals surface area (Å²) >= 11 is 8.60. The molecule has 1 aliphatic rings. The molecular formula is C10H13ClN2O3S3. The molecule has 0 spiro atoms. The number of hydrogen-bond donors (Lipinski definition) is 0. The fraction of sp³-hybridized carbons (Fsp3) is 0.600. The van der Waals surface area contributed by atoms with Crippen molar-refractivity contribution in [3.8, 4) is 0 Å². The summed E-state index contributed by atoms with van der Waals surface area (Å²) in [5.41, 5.74) is 0. The Morgan fingerprint density at radius 3 is 2.89 bits per heavy atom. The lowest BCUT2D eigenvalue weighted by Gasteiger charge is -2.34. The largest absolute Gasteiger partial charge is 0.329 e. The number of carbonyl (C=O) groups excluding carboxylic acids is 1. The average Bonchev–Trinajstić information content (AvgIpc) is 2.80. The van der Waals surface area contributed by atoms with E-state index in [0.717, 1.165) is 17.1 Å². The number of halogens is 1. The first-order valence-electron chi connectivity index (χ1n) is 5.67. The molecule has 1 unspecified atom stereocenters. The molecule has 0 saturated carbocycles. The van der Waals surface area contributed by atoms with Crippen molar-refractivity contribution in [2.75, 3.05) is 28.7 Å². The van der Waals surface area contributed by atoms with Gasteiger partial charge in [0.2, 0.25) is 0 Å². The smallest absolute Gasteiger partial charge is 0.188 e. The van der Waals surface area contributed by atoms with E-state index < -0.39 is 15.2 Å². The number of sulfone groups is 1. The molecule has 0 aromatic carbocycles. The Bertz CT molecular complexity index is 573. The van der Waals surface area contributed by atoms with Gasteiger partial charge in [-0.1, -0.05) is 29.9 Å². The van der Waals surface area contributed by atoms with Crippen LogP contribution in [-0.4, -0.2) is 48.9 Å². The van der Waals surface area contributed by atoms with E-state index >= 15 is 0 Å². The Morgan fingerprint density at radius 1 is 1.58 bits per heavy atom. The molecule has 1 atom stereocenters. The fourth-order valence-corrected chi connectivity index (χ4v) is 5.96. The zero-order valence-corrected chi connectivity index (χ0v) is 13.4. The van der Waals surface area contributed by atoms with Crippen molar-refractivity contribution in [1.29, 1.82) is 0 Å². The van der Waals surface area contributed by atoms with E-state index in [9.17, 15) is 13.2 Å². The second kappa shape index (κ2) is 5.99. The molecule has 0 amide bonds. The Morgan fingerprint density at radius 2 is 2.32 bits per heavy atom. The first kappa shape index (κ1) is 15.1. The third-order valence-corrected chi connectivity index (χ3v) is 7.56. The van der Waals surface area contributed by atoms with E-state index in [1.54, 1.807) is 23.6 Å². The van der Waals surface area contributed by atoms with Gasteiger partial charge in [0.15, 0.2) is 26.4 Å². The number of aldehydes is 1. The fourth-order valence-electron chi connectivity index (χ4n) is 1.79. The number of rotatable bonds is 4. The summed E-state index contributed by atoms with van der Waals surface area (Å²) in [7, 11) is -3.19. The number of thiazole rings is 1. The molecule has 0 bridgehead atoms. The topological polar surface area (TPSA) is 67.3 Å². The lowest BCUT2D eigenvalue weighted by molar-refractivity contribution is 0.112. The zero-order chi connectivity index (χ0) is 14.0. The summed E-state index contributed by atoms with van der Waals surface area (Å²) in [6.07, 6.45) is 0.644. The van der Waals surface area contributed by atoms with E-state index in [1.165, 1.54) is 0 Å². The third kappa shape index (κ3) is 3.07. The van der Waals surface area contributed by atoms with Crippen LogP contribution in [-0.2, 0) is 9.84 Å². The maximum Gasteiger partial charge on any atom is 0.188 e. The van der Waals surface area contributed by atoms with Gasteiger partial charge in [-0.25, -0.2) is 13.4 Å². The molecule has 0 N–H and O–H groups in total. The van der Waals surface area contributed by atoms with Crippen LogP contribution in [0.5, 0.6) is 0 Å². The highest BCUT2D eigenvalue weighted by atomic mass is 35.5. The highest BCUT2D eigenvalue weighted by Crippen LogP contribution is 2.33. The molecule has 0 aliphatic carbocycles. The molecule has 1 fully saturated rings. The van der Waals surface area contributed by atoms with Gasteiger partial charge in [-0.15, -0.1) is 0 Å². The first-order valence-corrected chi connectivity index (χ1v) is 9.73. The van der Waals surface area contributed by atoms with Crippen LogP contribution >= 0.6 is 34.7 Å². The van der Waals surface area contributed by atoms with Crippen LogP contribution < -0.4 is 4.90 Å². The Hall–Kier alpha value is -0.310. The molecule has 1 aliphatic heterocycles. The van der Waals surface area contributed by atoms with E-state index in [-0.39, 0.29) is 10.9 Å². The summed E-state index contributed by atoms with van der Waals surface area (Å²) in [5.74, 6) is 1.45. The van der Waals surface area contributed by atoms with Crippen molar-refractivity contribution in [2.24, 2.45) is 0 Å². The van der Waals surface area contributed by atoms with Gasteiger partial charge in [0.1, 0.15) is 10.3 Å². The number of hydrogen-bond acceptors (Lipinski definition) is 7. The van der Waals surface area contributed by atoms with E-state index in [2.05, 4.69) is 4.98 Å². The Kier molecular flexibility index (Phi) is 4.75. The summed E-state index contributed by atoms with van der Waals surface area (Å²) in [6.45, 7) is 2.23. The summed E-state index contributed by atoms with van der Waals surface area (Å²) < 4.78 is 24.2. The number of anilines is 1. The minimum absolute atomic E-state index is 0.0916. The van der Waals surface area contributed by atoms with Crippen LogP contribution in [0.25, 0.3) is 0 Å². The van der Waals surface area contributed by atoms with E-state index in [0.29, 0.717) is 28.6 Å². The number of carbonyl (C=O) groups is 1. The Labute approximate surface area is 125 Å². The number of aromatic nitrogens is 1. The highest BCUT2D eigenvalue weighted by molar-refractivity contribution is 8.01. The zero-order valence-electron chi connectivity index (χ0n) is 10.2. The van der Waals surface area contributed by atoms with Crippen molar-refractivity contribution in [3.63, 3.8) is 0 Å². The molecule has 1 aromatic rings. The second-order valence-electron chi connectivity index (χ2n) is 3.94. The van der Waals surface area contributed by atoms with Gasteiger partial charge in [-0.2, -0.15) is 11.8 Å². The summed E-state index contributed by atoms with van der Waals surface area (Å²) in [5, 5.41) is 0.0632. The molecule has 1 aromatic heterocycles. The predicted molar refractivity (Wildman–Crippen MR) is 80.4 cm³/mol. The minimum Gasteiger partial charge on any atom is -0.329 e. The standard InChI is InChI=1S/C10H13ClN2O3S3/c1-2-19(15,16)8-6-17-4-3-13(8)10-12-9(11)7(5-14)18-10/h5,8H,2-4,6H2,1H3. The minimum atomic E-state index is -3.19. The van der Waals surface area contributed by atoms with Gasteiger partial charge < -0.3 is 4.90 Å². The number of thioether (sulfide) groups is 1. The predicted octanol–water partition coefficient (Wildman–Crippen LogP) is 1.92. The number of nitrogens with zero attached hydrogens (tertiary/aromatic N) is 2. The maximum absolute atomic E-state index is 12.1. The van der Waals surface area contributed by atoms with Crippen LogP contribution in [0.15, 0.2) is 0 Å². The van der Waals surface area contributed by atoms with Crippen molar-refractivity contribution in [3.05, 3.63) is 10.0 Å². The van der Waals surface area contributed by atoms with E-state index in [4.69, 9.17) is 11.6 Å². The van der Waals surface area contributed by atoms with Crippen molar-refractivity contribution in [1.82, 2.24) is 4.98 Å². The van der Waals surface area contributed by atoms with Crippen LogP contribution in [0.4, 0.5) is 5.13 Å². The third-order valence-electron chi connectivity index (χ3n) is 2.85. The van der Waals surface area contributed by atoms with Crippen molar-refractivity contribution >= 4 is 56.0 Å². The van der Waals surface area contributed by atoms with Gasteiger partial charge in [0.25, 0.3) is 0 Å². The van der Waals surface area contributed by atoms with Gasteiger partial charge >= 0.3 is 0 Å². The highest BCUT2D eigenvalue weighted by Gasteiger charge is 2.34. The molecule has 2 heterocycles. The first-order chi connectivity index (χ1) is 8.99. The van der Waals surface area contributed by atoms with Crippen LogP contribution in [0, 0.1) is 0 Å². The van der Waals surface area contributed by atoms with Crippen LogP contribution in [0.2, 0.25) is 5.15 Å². The molecule has 1 saturated heterocycles. The van der Waals surface area contributed by atoms with Crippen LogP contribution in [0.1, 0.15) is 16.6 Å². The molecule has 19 heavy (non-hydrogen) atoms. The summed E-state index contributed by atoms with van der Waals surface area (Å²) in [4.78, 5) is 17.0. The normalized spacial score (nSPS) is 20.5. The van der Waals surface area contributed by atoms with Crippen LogP contribution in [0.3, 0.4) is 0 Å². The van der Waals surface area contributed by atoms with Crippen molar-refractivity contribution < 1.29 is 13.2 Å². The van der Waals surface area contributed by atoms with Gasteiger partial charge in [-0.3, -0.25) is 4.79 Å². The van der Waals surface area contributed by atoms with Gasteiger partial charge in [0, 0.05) is 23.8 Å². The monoisotopic (exact) mass is 340 g/mol. The molecule has 5 nitrogen and oxygen atoms in total. The van der Waals surface area contributed by atoms with E-state index in [1.807, 2.05) is 0 Å². The summed E-state index contributed by atoms with van der Waals surface area (Å²) in [6, 6.07) is 0. The quantitative estimate of drug-likeness (QED) is 0.780. The van der Waals surface area contributed by atoms with Gasteiger partial charge in [0.05, 0.1) is 0 Å². The average molecular weight is 341 g/mol. The lowest BCUT2D eigenvalue weighted by atomic mass is 10.5. The molecule has 106 valence electrons. The Balaban J connectivity index is 2.36. The molecule has 2 rings (SSSR count). The SMILES string of the molecule is CCS(=O)(=O)C1CSCCN1c1nc(Cl)c(C=O)s1. The second-order valence-corrected chi connectivity index (χ2v) is 8.91.